The van der Waals surface area contributed by atoms with E-state index in [-0.39, 0.29) is 5.91 Å². The number of amides is 1. The summed E-state index contributed by atoms with van der Waals surface area (Å²) in [5.74, 6) is -0.260. The third-order valence-electron chi connectivity index (χ3n) is 1.75. The van der Waals surface area contributed by atoms with Crippen LogP contribution in [0.1, 0.15) is 6.92 Å². The van der Waals surface area contributed by atoms with Crippen LogP contribution in [0.3, 0.4) is 0 Å². The topological polar surface area (TPSA) is 75.3 Å². The molecule has 1 amide bonds. The smallest absolute Gasteiger partial charge is 0.248 e. The highest BCUT2D eigenvalue weighted by molar-refractivity contribution is 7.92. The number of benzene rings is 1. The lowest BCUT2D eigenvalue weighted by atomic mass is 10.3. The number of anilines is 2. The van der Waals surface area contributed by atoms with Crippen molar-refractivity contribution in [1.29, 1.82) is 0 Å². The maximum atomic E-state index is 11.3. The Morgan fingerprint density at radius 2 is 1.94 bits per heavy atom. The molecule has 0 aromatic heterocycles. The van der Waals surface area contributed by atoms with Gasteiger partial charge in [0.05, 0.1) is 11.9 Å². The Morgan fingerprint density at radius 1 is 1.29 bits per heavy atom. The number of carbonyl (C=O) groups is 1. The second kappa shape index (κ2) is 5.49. The number of allylic oxidation sites excluding steroid dienone is 1. The van der Waals surface area contributed by atoms with E-state index < -0.39 is 10.0 Å². The number of carbonyl (C=O) groups excluding carboxylic acids is 1. The standard InChI is InChI=1S/C11H14N2O3S/c1-3-5-11(14)12-9-6-4-7-10(8-9)13-17(2,15)16/h3-8,13H,1-2H3,(H,12,14). The van der Waals surface area contributed by atoms with Gasteiger partial charge in [0.25, 0.3) is 0 Å². The van der Waals surface area contributed by atoms with Gasteiger partial charge in [-0.1, -0.05) is 12.1 Å². The Bertz CT molecular complexity index is 535. The molecule has 17 heavy (non-hydrogen) atoms. The summed E-state index contributed by atoms with van der Waals surface area (Å²) in [5, 5.41) is 2.61. The molecule has 5 nitrogen and oxygen atoms in total. The molecular formula is C11H14N2O3S. The molecule has 0 aliphatic heterocycles. The van der Waals surface area contributed by atoms with Crippen LogP contribution < -0.4 is 10.0 Å². The Balaban J connectivity index is 2.83. The summed E-state index contributed by atoms with van der Waals surface area (Å²) in [6.07, 6.45) is 4.07. The van der Waals surface area contributed by atoms with Crippen LogP contribution in [-0.4, -0.2) is 20.6 Å². The fourth-order valence-corrected chi connectivity index (χ4v) is 1.76. The SMILES string of the molecule is CC=CC(=O)Nc1cccc(NS(C)(=O)=O)c1. The van der Waals surface area contributed by atoms with Crippen molar-refractivity contribution < 1.29 is 13.2 Å². The van der Waals surface area contributed by atoms with Crippen LogP contribution >= 0.6 is 0 Å². The van der Waals surface area contributed by atoms with Crippen molar-refractivity contribution in [3.8, 4) is 0 Å². The summed E-state index contributed by atoms with van der Waals surface area (Å²) in [5.41, 5.74) is 0.938. The number of hydrogen-bond donors (Lipinski definition) is 2. The van der Waals surface area contributed by atoms with Crippen molar-refractivity contribution in [2.75, 3.05) is 16.3 Å². The largest absolute Gasteiger partial charge is 0.322 e. The maximum absolute atomic E-state index is 11.3. The molecule has 6 heteroatoms. The van der Waals surface area contributed by atoms with Gasteiger partial charge < -0.3 is 5.32 Å². The molecule has 1 aromatic rings. The molecule has 0 saturated heterocycles. The minimum atomic E-state index is -3.31. The van der Waals surface area contributed by atoms with E-state index in [1.54, 1.807) is 37.3 Å². The van der Waals surface area contributed by atoms with Crippen LogP contribution in [0.25, 0.3) is 0 Å². The predicted molar refractivity (Wildman–Crippen MR) is 68.4 cm³/mol. The van der Waals surface area contributed by atoms with Crippen molar-refractivity contribution in [1.82, 2.24) is 0 Å². The normalized spacial score (nSPS) is 11.4. The van der Waals surface area contributed by atoms with Crippen LogP contribution in [0.2, 0.25) is 0 Å². The van der Waals surface area contributed by atoms with Gasteiger partial charge in [-0.3, -0.25) is 9.52 Å². The van der Waals surface area contributed by atoms with Crippen molar-refractivity contribution in [3.63, 3.8) is 0 Å². The lowest BCUT2D eigenvalue weighted by molar-refractivity contribution is -0.111. The summed E-state index contributed by atoms with van der Waals surface area (Å²) < 4.78 is 24.4. The summed E-state index contributed by atoms with van der Waals surface area (Å²) >= 11 is 0. The van der Waals surface area contributed by atoms with Gasteiger partial charge in [0.2, 0.25) is 15.9 Å². The second-order valence-electron chi connectivity index (χ2n) is 3.44. The zero-order valence-corrected chi connectivity index (χ0v) is 10.4. The highest BCUT2D eigenvalue weighted by Crippen LogP contribution is 2.15. The van der Waals surface area contributed by atoms with E-state index in [2.05, 4.69) is 10.0 Å². The van der Waals surface area contributed by atoms with Gasteiger partial charge in [-0.2, -0.15) is 0 Å². The van der Waals surface area contributed by atoms with Gasteiger partial charge in [-0.15, -0.1) is 0 Å². The molecule has 92 valence electrons. The molecular weight excluding hydrogens is 240 g/mol. The lowest BCUT2D eigenvalue weighted by Gasteiger charge is -2.06. The highest BCUT2D eigenvalue weighted by atomic mass is 32.2. The average Bonchev–Trinajstić information content (AvgIpc) is 2.15. The van der Waals surface area contributed by atoms with E-state index in [9.17, 15) is 13.2 Å². The fraction of sp³-hybridized carbons (Fsp3) is 0.182. The molecule has 1 aromatic carbocycles. The molecule has 2 N–H and O–H groups in total. The molecule has 1 rings (SSSR count). The van der Waals surface area contributed by atoms with E-state index >= 15 is 0 Å². The molecule has 0 saturated carbocycles. The van der Waals surface area contributed by atoms with Gasteiger partial charge in [-0.25, -0.2) is 8.42 Å². The zero-order chi connectivity index (χ0) is 12.9. The van der Waals surface area contributed by atoms with Gasteiger partial charge in [0, 0.05) is 5.69 Å². The van der Waals surface area contributed by atoms with E-state index in [0.717, 1.165) is 6.26 Å². The van der Waals surface area contributed by atoms with Gasteiger partial charge >= 0.3 is 0 Å². The maximum Gasteiger partial charge on any atom is 0.248 e. The third kappa shape index (κ3) is 5.17. The van der Waals surface area contributed by atoms with Crippen molar-refractivity contribution in [2.24, 2.45) is 0 Å². The first-order chi connectivity index (χ1) is 7.90. The highest BCUT2D eigenvalue weighted by Gasteiger charge is 2.03. The molecule has 0 fully saturated rings. The minimum absolute atomic E-state index is 0.260. The first-order valence-corrected chi connectivity index (χ1v) is 6.81. The average molecular weight is 254 g/mol. The first kappa shape index (κ1) is 13.2. The molecule has 0 atom stereocenters. The van der Waals surface area contributed by atoms with E-state index in [1.165, 1.54) is 6.08 Å². The zero-order valence-electron chi connectivity index (χ0n) is 9.60. The summed E-state index contributed by atoms with van der Waals surface area (Å²) in [6.45, 7) is 1.74. The predicted octanol–water partition coefficient (Wildman–Crippen LogP) is 1.57. The summed E-state index contributed by atoms with van der Waals surface area (Å²) in [4.78, 5) is 11.3. The molecule has 0 bridgehead atoms. The van der Waals surface area contributed by atoms with Crippen LogP contribution in [0, 0.1) is 0 Å². The van der Waals surface area contributed by atoms with Crippen LogP contribution in [0.15, 0.2) is 36.4 Å². The Morgan fingerprint density at radius 3 is 2.53 bits per heavy atom. The van der Waals surface area contributed by atoms with Crippen LogP contribution in [0.5, 0.6) is 0 Å². The van der Waals surface area contributed by atoms with Crippen LogP contribution in [0.4, 0.5) is 11.4 Å². The minimum Gasteiger partial charge on any atom is -0.322 e. The summed E-state index contributed by atoms with van der Waals surface area (Å²) in [7, 11) is -3.31. The molecule has 0 spiro atoms. The molecule has 0 aliphatic rings. The Labute approximate surface area is 101 Å². The number of hydrogen-bond acceptors (Lipinski definition) is 3. The van der Waals surface area contributed by atoms with Gasteiger partial charge in [0.15, 0.2) is 0 Å². The monoisotopic (exact) mass is 254 g/mol. The fourth-order valence-electron chi connectivity index (χ4n) is 1.21. The quantitative estimate of drug-likeness (QED) is 0.801. The van der Waals surface area contributed by atoms with E-state index in [0.29, 0.717) is 11.4 Å². The third-order valence-corrected chi connectivity index (χ3v) is 2.36. The number of rotatable bonds is 4. The van der Waals surface area contributed by atoms with E-state index in [1.807, 2.05) is 0 Å². The van der Waals surface area contributed by atoms with Crippen molar-refractivity contribution in [3.05, 3.63) is 36.4 Å². The van der Waals surface area contributed by atoms with E-state index in [4.69, 9.17) is 0 Å². The Hall–Kier alpha value is -1.82. The first-order valence-electron chi connectivity index (χ1n) is 4.92. The van der Waals surface area contributed by atoms with Gasteiger partial charge in [0.1, 0.15) is 0 Å². The molecule has 0 unspecified atom stereocenters. The van der Waals surface area contributed by atoms with Crippen molar-refractivity contribution in [2.45, 2.75) is 6.92 Å². The number of sulfonamides is 1. The molecule has 0 aliphatic carbocycles. The Kier molecular flexibility index (Phi) is 4.28. The second-order valence-corrected chi connectivity index (χ2v) is 5.19. The molecule has 0 heterocycles. The van der Waals surface area contributed by atoms with Gasteiger partial charge in [-0.05, 0) is 31.2 Å². The van der Waals surface area contributed by atoms with Crippen molar-refractivity contribution >= 4 is 27.3 Å². The summed E-state index contributed by atoms with van der Waals surface area (Å²) in [6, 6.07) is 6.47. The lowest BCUT2D eigenvalue weighted by Crippen LogP contribution is -2.11. The van der Waals surface area contributed by atoms with Crippen LogP contribution in [-0.2, 0) is 14.8 Å². The molecule has 0 radical (unpaired) electrons. The number of nitrogens with one attached hydrogen (secondary N) is 2.